The molecule has 0 fully saturated rings. The van der Waals surface area contributed by atoms with E-state index in [4.69, 9.17) is 10.4 Å². The minimum Gasteiger partial charge on any atom is -0.481 e. The summed E-state index contributed by atoms with van der Waals surface area (Å²) in [7, 11) is 0. The van der Waals surface area contributed by atoms with Crippen LogP contribution in [-0.4, -0.2) is 23.5 Å². The van der Waals surface area contributed by atoms with Gasteiger partial charge in [-0.3, -0.25) is 9.59 Å². The number of carboxylic acid groups (broad SMARTS) is 1. The highest BCUT2D eigenvalue weighted by Crippen LogP contribution is 2.06. The van der Waals surface area contributed by atoms with Crippen LogP contribution in [0, 0.1) is 17.2 Å². The second kappa shape index (κ2) is 6.89. The van der Waals surface area contributed by atoms with Crippen molar-refractivity contribution in [3.05, 3.63) is 0 Å². The fourth-order valence-electron chi connectivity index (χ4n) is 1.02. The zero-order chi connectivity index (χ0) is 11.0. The van der Waals surface area contributed by atoms with E-state index in [-0.39, 0.29) is 31.1 Å². The van der Waals surface area contributed by atoms with E-state index in [1.54, 1.807) is 6.92 Å². The van der Waals surface area contributed by atoms with Crippen molar-refractivity contribution in [2.24, 2.45) is 5.92 Å². The smallest absolute Gasteiger partial charge is 0.303 e. The number of nitrogens with one attached hydrogen (secondary N) is 1. The van der Waals surface area contributed by atoms with Gasteiger partial charge in [-0.1, -0.05) is 6.92 Å². The van der Waals surface area contributed by atoms with Crippen LogP contribution >= 0.6 is 0 Å². The molecular weight excluding hydrogens is 184 g/mol. The van der Waals surface area contributed by atoms with Gasteiger partial charge in [-0.15, -0.1) is 0 Å². The van der Waals surface area contributed by atoms with Crippen molar-refractivity contribution in [1.29, 1.82) is 5.26 Å². The van der Waals surface area contributed by atoms with E-state index in [0.717, 1.165) is 0 Å². The molecule has 0 radical (unpaired) electrons. The highest BCUT2D eigenvalue weighted by molar-refractivity contribution is 5.77. The number of carboxylic acids is 1. The highest BCUT2D eigenvalue weighted by Gasteiger charge is 2.11. The molecule has 0 rings (SSSR count). The summed E-state index contributed by atoms with van der Waals surface area (Å²) in [6.45, 7) is 2.03. The van der Waals surface area contributed by atoms with Crippen LogP contribution in [0.2, 0.25) is 0 Å². The van der Waals surface area contributed by atoms with Crippen LogP contribution in [0.1, 0.15) is 26.2 Å². The predicted octanol–water partition coefficient (Wildman–Crippen LogP) is 0.517. The Balaban J connectivity index is 3.61. The number of amides is 1. The molecule has 0 saturated heterocycles. The first-order chi connectivity index (χ1) is 6.56. The average Bonchev–Trinajstić information content (AvgIpc) is 2.02. The van der Waals surface area contributed by atoms with E-state index in [1.807, 2.05) is 6.07 Å². The fourth-order valence-corrected chi connectivity index (χ4v) is 1.02. The van der Waals surface area contributed by atoms with Crippen molar-refractivity contribution < 1.29 is 14.7 Å². The van der Waals surface area contributed by atoms with E-state index >= 15 is 0 Å². The molecule has 0 spiro atoms. The Morgan fingerprint density at radius 2 is 2.14 bits per heavy atom. The quantitative estimate of drug-likeness (QED) is 0.608. The lowest BCUT2D eigenvalue weighted by molar-refractivity contribution is -0.138. The third-order valence-electron chi connectivity index (χ3n) is 1.62. The molecule has 78 valence electrons. The minimum absolute atomic E-state index is 0.00826. The Morgan fingerprint density at radius 1 is 1.50 bits per heavy atom. The van der Waals surface area contributed by atoms with Gasteiger partial charge in [-0.25, -0.2) is 0 Å². The summed E-state index contributed by atoms with van der Waals surface area (Å²) in [6, 6.07) is 1.90. The number of aliphatic carboxylic acids is 1. The maximum atomic E-state index is 11.1. The van der Waals surface area contributed by atoms with Gasteiger partial charge in [0.15, 0.2) is 0 Å². The number of hydrogen-bond donors (Lipinski definition) is 2. The van der Waals surface area contributed by atoms with Crippen molar-refractivity contribution in [1.82, 2.24) is 5.32 Å². The molecule has 0 aromatic carbocycles. The molecule has 0 aromatic heterocycles. The van der Waals surface area contributed by atoms with Gasteiger partial charge in [-0.2, -0.15) is 5.26 Å². The largest absolute Gasteiger partial charge is 0.481 e. The van der Waals surface area contributed by atoms with E-state index < -0.39 is 5.97 Å². The monoisotopic (exact) mass is 198 g/mol. The summed E-state index contributed by atoms with van der Waals surface area (Å²) < 4.78 is 0. The third-order valence-corrected chi connectivity index (χ3v) is 1.62. The van der Waals surface area contributed by atoms with Crippen LogP contribution in [0.4, 0.5) is 0 Å². The number of nitrogens with zero attached hydrogens (tertiary/aromatic N) is 1. The highest BCUT2D eigenvalue weighted by atomic mass is 16.4. The molecular formula is C9H14N2O3. The fraction of sp³-hybridized carbons (Fsp3) is 0.667. The summed E-state index contributed by atoms with van der Waals surface area (Å²) in [5.74, 6) is -1.27. The molecule has 0 aliphatic heterocycles. The molecule has 0 aliphatic carbocycles. The minimum atomic E-state index is -0.901. The molecule has 1 unspecified atom stereocenters. The van der Waals surface area contributed by atoms with E-state index in [0.29, 0.717) is 6.54 Å². The molecule has 14 heavy (non-hydrogen) atoms. The van der Waals surface area contributed by atoms with E-state index in [1.165, 1.54) is 0 Å². The number of nitriles is 1. The molecule has 0 aromatic rings. The van der Waals surface area contributed by atoms with Crippen LogP contribution in [0.3, 0.4) is 0 Å². The number of rotatable bonds is 6. The molecule has 0 saturated carbocycles. The summed E-state index contributed by atoms with van der Waals surface area (Å²) in [6.07, 6.45) is 0.461. The standard InChI is InChI=1S/C9H14N2O3/c1-7(6-9(13)14)5-8(12)11-4-2-3-10/h7H,2,4-6H2,1H3,(H,11,12)(H,13,14). The molecule has 2 N–H and O–H groups in total. The Labute approximate surface area is 82.7 Å². The first kappa shape index (κ1) is 12.4. The van der Waals surface area contributed by atoms with Gasteiger partial charge in [0.25, 0.3) is 0 Å². The van der Waals surface area contributed by atoms with Crippen LogP contribution in [-0.2, 0) is 9.59 Å². The maximum absolute atomic E-state index is 11.1. The molecule has 5 heteroatoms. The van der Waals surface area contributed by atoms with Crippen molar-refractivity contribution in [3.63, 3.8) is 0 Å². The lowest BCUT2D eigenvalue weighted by atomic mass is 10.0. The maximum Gasteiger partial charge on any atom is 0.303 e. The van der Waals surface area contributed by atoms with Crippen LogP contribution in [0.5, 0.6) is 0 Å². The molecule has 1 atom stereocenters. The van der Waals surface area contributed by atoms with Crippen LogP contribution in [0.15, 0.2) is 0 Å². The van der Waals surface area contributed by atoms with Gasteiger partial charge in [0.1, 0.15) is 0 Å². The van der Waals surface area contributed by atoms with E-state index in [2.05, 4.69) is 5.32 Å². The van der Waals surface area contributed by atoms with Gasteiger partial charge in [0.2, 0.25) is 5.91 Å². The number of carbonyl (C=O) groups is 2. The zero-order valence-electron chi connectivity index (χ0n) is 8.12. The van der Waals surface area contributed by atoms with Crippen LogP contribution in [0.25, 0.3) is 0 Å². The Bertz CT molecular complexity index is 245. The van der Waals surface area contributed by atoms with E-state index in [9.17, 15) is 9.59 Å². The van der Waals surface area contributed by atoms with Crippen molar-refractivity contribution in [2.45, 2.75) is 26.2 Å². The first-order valence-electron chi connectivity index (χ1n) is 4.41. The number of hydrogen-bond acceptors (Lipinski definition) is 3. The SMILES string of the molecule is CC(CC(=O)O)CC(=O)NCCC#N. The van der Waals surface area contributed by atoms with Crippen LogP contribution < -0.4 is 5.32 Å². The first-order valence-corrected chi connectivity index (χ1v) is 4.41. The Morgan fingerprint density at radius 3 is 2.64 bits per heavy atom. The van der Waals surface area contributed by atoms with Gasteiger partial charge in [0.05, 0.1) is 12.5 Å². The predicted molar refractivity (Wildman–Crippen MR) is 49.3 cm³/mol. The normalized spacial score (nSPS) is 11.4. The summed E-state index contributed by atoms with van der Waals surface area (Å²) >= 11 is 0. The molecule has 1 amide bonds. The molecule has 5 nitrogen and oxygen atoms in total. The van der Waals surface area contributed by atoms with Gasteiger partial charge in [-0.05, 0) is 5.92 Å². The van der Waals surface area contributed by atoms with Crippen molar-refractivity contribution in [2.75, 3.05) is 6.54 Å². The Kier molecular flexibility index (Phi) is 6.12. The molecule has 0 heterocycles. The third kappa shape index (κ3) is 7.10. The lowest BCUT2D eigenvalue weighted by Crippen LogP contribution is -2.26. The Hall–Kier alpha value is -1.57. The van der Waals surface area contributed by atoms with Crippen molar-refractivity contribution >= 4 is 11.9 Å². The summed E-state index contributed by atoms with van der Waals surface area (Å²) in [5, 5.41) is 19.2. The summed E-state index contributed by atoms with van der Waals surface area (Å²) in [4.78, 5) is 21.4. The second-order valence-corrected chi connectivity index (χ2v) is 3.17. The van der Waals surface area contributed by atoms with Gasteiger partial charge >= 0.3 is 5.97 Å². The number of carbonyl (C=O) groups excluding carboxylic acids is 1. The molecule has 0 aliphatic rings. The average molecular weight is 198 g/mol. The van der Waals surface area contributed by atoms with Gasteiger partial charge in [0, 0.05) is 19.4 Å². The van der Waals surface area contributed by atoms with Crippen molar-refractivity contribution in [3.8, 4) is 6.07 Å². The molecule has 0 bridgehead atoms. The lowest BCUT2D eigenvalue weighted by Gasteiger charge is -2.07. The summed E-state index contributed by atoms with van der Waals surface area (Å²) in [5.41, 5.74) is 0. The second-order valence-electron chi connectivity index (χ2n) is 3.17. The topological polar surface area (TPSA) is 90.2 Å². The van der Waals surface area contributed by atoms with Gasteiger partial charge < -0.3 is 10.4 Å². The zero-order valence-corrected chi connectivity index (χ0v) is 8.12.